The van der Waals surface area contributed by atoms with Gasteiger partial charge in [-0.3, -0.25) is 0 Å². The van der Waals surface area contributed by atoms with Crippen LogP contribution in [0.25, 0.3) is 0 Å². The molecular formula is C14H17FN2O2. The molecule has 2 N–H and O–H groups in total. The molecule has 1 atom stereocenters. The molecule has 0 aliphatic carbocycles. The first-order valence-corrected chi connectivity index (χ1v) is 6.60. The number of nitrogens with zero attached hydrogens (tertiary/aromatic N) is 1. The average molecular weight is 264 g/mol. The predicted octanol–water partition coefficient (Wildman–Crippen LogP) is 1.79. The normalized spacial score (nSPS) is 33.1. The van der Waals surface area contributed by atoms with Crippen molar-refractivity contribution >= 4 is 11.7 Å². The highest BCUT2D eigenvalue weighted by Gasteiger charge is 2.52. The predicted molar refractivity (Wildman–Crippen MR) is 69.6 cm³/mol. The first-order valence-electron chi connectivity index (χ1n) is 6.60. The van der Waals surface area contributed by atoms with Gasteiger partial charge in [0.1, 0.15) is 5.82 Å². The van der Waals surface area contributed by atoms with Crippen molar-refractivity contribution < 1.29 is 14.3 Å². The van der Waals surface area contributed by atoms with Gasteiger partial charge in [-0.05, 0) is 44.0 Å². The Morgan fingerprint density at radius 3 is 2.58 bits per heavy atom. The van der Waals surface area contributed by atoms with Crippen LogP contribution in [0.5, 0.6) is 0 Å². The van der Waals surface area contributed by atoms with Gasteiger partial charge in [0.15, 0.2) is 5.54 Å². The Balaban J connectivity index is 1.94. The van der Waals surface area contributed by atoms with E-state index in [1.165, 1.54) is 6.07 Å². The molecule has 4 rings (SSSR count). The number of carboxylic acid groups (broad SMARTS) is 1. The van der Waals surface area contributed by atoms with Gasteiger partial charge in [-0.15, -0.1) is 0 Å². The molecule has 0 spiro atoms. The number of rotatable bonds is 3. The summed E-state index contributed by atoms with van der Waals surface area (Å²) in [5.41, 5.74) is -0.780. The molecule has 0 radical (unpaired) electrons. The van der Waals surface area contributed by atoms with Crippen LogP contribution < -0.4 is 5.32 Å². The summed E-state index contributed by atoms with van der Waals surface area (Å²) in [5.74, 6) is -1.22. The van der Waals surface area contributed by atoms with Crippen LogP contribution in [-0.2, 0) is 4.79 Å². The standard InChI is InChI=1S/C14H17FN2O2/c15-11-3-1-2-4-12(11)16-14(13(18)19)9-17-7-5-10(14)6-8-17/h1-4,10,16H,5-9H2,(H,18,19). The lowest BCUT2D eigenvalue weighted by Crippen LogP contribution is -2.66. The maximum Gasteiger partial charge on any atom is 0.330 e. The summed E-state index contributed by atoms with van der Waals surface area (Å²) in [7, 11) is 0. The molecule has 0 amide bonds. The van der Waals surface area contributed by atoms with Crippen molar-refractivity contribution in [3.8, 4) is 0 Å². The van der Waals surface area contributed by atoms with Crippen LogP contribution in [0.1, 0.15) is 12.8 Å². The Labute approximate surface area is 111 Å². The largest absolute Gasteiger partial charge is 0.479 e. The molecule has 102 valence electrons. The van der Waals surface area contributed by atoms with Crippen LogP contribution in [0.4, 0.5) is 10.1 Å². The first-order chi connectivity index (χ1) is 9.12. The second kappa shape index (κ2) is 4.49. The summed E-state index contributed by atoms with van der Waals surface area (Å²) in [6.07, 6.45) is 1.71. The van der Waals surface area contributed by atoms with Gasteiger partial charge >= 0.3 is 5.97 Å². The Hall–Kier alpha value is -1.62. The summed E-state index contributed by atoms with van der Waals surface area (Å²) >= 11 is 0. The van der Waals surface area contributed by atoms with Gasteiger partial charge in [0.25, 0.3) is 0 Å². The van der Waals surface area contributed by atoms with E-state index in [0.717, 1.165) is 25.9 Å². The summed E-state index contributed by atoms with van der Waals surface area (Å²) < 4.78 is 13.8. The molecule has 0 saturated carbocycles. The SMILES string of the molecule is O=C(O)C1(Nc2ccccc2F)CN2CCC1CC2. The third kappa shape index (κ3) is 1.98. The van der Waals surface area contributed by atoms with Crippen LogP contribution in [0.2, 0.25) is 0 Å². The fourth-order valence-corrected chi connectivity index (χ4v) is 3.31. The molecule has 3 aliphatic rings. The van der Waals surface area contributed by atoms with Crippen LogP contribution in [0, 0.1) is 11.7 Å². The van der Waals surface area contributed by atoms with Crippen molar-refractivity contribution in [2.24, 2.45) is 5.92 Å². The molecule has 19 heavy (non-hydrogen) atoms. The maximum atomic E-state index is 13.8. The second-order valence-electron chi connectivity index (χ2n) is 5.43. The van der Waals surface area contributed by atoms with Gasteiger partial charge in [0, 0.05) is 6.54 Å². The molecule has 3 fully saturated rings. The quantitative estimate of drug-likeness (QED) is 0.874. The lowest BCUT2D eigenvalue weighted by atomic mass is 9.72. The molecular weight excluding hydrogens is 247 g/mol. The number of fused-ring (bicyclic) bond motifs is 3. The molecule has 1 unspecified atom stereocenters. The van der Waals surface area contributed by atoms with Crippen molar-refractivity contribution in [3.05, 3.63) is 30.1 Å². The number of hydrogen-bond donors (Lipinski definition) is 2. The van der Waals surface area contributed by atoms with E-state index < -0.39 is 17.3 Å². The average Bonchev–Trinajstić information content (AvgIpc) is 2.42. The summed E-state index contributed by atoms with van der Waals surface area (Å²) in [6.45, 7) is 2.33. The molecule has 0 aromatic heterocycles. The molecule has 1 aromatic carbocycles. The van der Waals surface area contributed by atoms with Crippen LogP contribution in [0.3, 0.4) is 0 Å². The monoisotopic (exact) mass is 264 g/mol. The smallest absolute Gasteiger partial charge is 0.330 e. The van der Waals surface area contributed by atoms with Crippen LogP contribution >= 0.6 is 0 Å². The number of piperidine rings is 3. The fourth-order valence-electron chi connectivity index (χ4n) is 3.31. The van der Waals surface area contributed by atoms with Gasteiger partial charge in [0.2, 0.25) is 0 Å². The minimum Gasteiger partial charge on any atom is -0.479 e. The minimum atomic E-state index is -1.06. The third-order valence-corrected chi connectivity index (χ3v) is 4.37. The number of nitrogens with one attached hydrogen (secondary N) is 1. The zero-order chi connectivity index (χ0) is 13.5. The van der Waals surface area contributed by atoms with Gasteiger partial charge < -0.3 is 15.3 Å². The van der Waals surface area contributed by atoms with Crippen LogP contribution in [-0.4, -0.2) is 41.1 Å². The van der Waals surface area contributed by atoms with E-state index in [-0.39, 0.29) is 11.6 Å². The highest BCUT2D eigenvalue weighted by Crippen LogP contribution is 2.38. The number of aliphatic carboxylic acids is 1. The van der Waals surface area contributed by atoms with E-state index in [1.807, 2.05) is 0 Å². The summed E-state index contributed by atoms with van der Waals surface area (Å²) in [4.78, 5) is 13.9. The summed E-state index contributed by atoms with van der Waals surface area (Å²) in [6, 6.07) is 6.25. The molecule has 4 nitrogen and oxygen atoms in total. The number of para-hydroxylation sites is 1. The highest BCUT2D eigenvalue weighted by molar-refractivity contribution is 5.84. The van der Waals surface area contributed by atoms with Gasteiger partial charge in [-0.25, -0.2) is 9.18 Å². The van der Waals surface area contributed by atoms with Crippen LogP contribution in [0.15, 0.2) is 24.3 Å². The Bertz CT molecular complexity index is 500. The minimum absolute atomic E-state index is 0.0645. The number of benzene rings is 1. The Morgan fingerprint density at radius 1 is 1.37 bits per heavy atom. The zero-order valence-corrected chi connectivity index (χ0v) is 10.6. The van der Waals surface area contributed by atoms with Crippen molar-refractivity contribution in [2.45, 2.75) is 18.4 Å². The number of carboxylic acids is 1. The van der Waals surface area contributed by atoms with E-state index in [2.05, 4.69) is 10.2 Å². The Kier molecular flexibility index (Phi) is 2.93. The highest BCUT2D eigenvalue weighted by atomic mass is 19.1. The van der Waals surface area contributed by atoms with E-state index in [0.29, 0.717) is 6.54 Å². The van der Waals surface area contributed by atoms with Gasteiger partial charge in [0.05, 0.1) is 5.69 Å². The van der Waals surface area contributed by atoms with Crippen molar-refractivity contribution in [1.29, 1.82) is 0 Å². The second-order valence-corrected chi connectivity index (χ2v) is 5.43. The lowest BCUT2D eigenvalue weighted by Gasteiger charge is -2.51. The van der Waals surface area contributed by atoms with Gasteiger partial charge in [-0.1, -0.05) is 12.1 Å². The molecule has 3 aliphatic heterocycles. The van der Waals surface area contributed by atoms with E-state index >= 15 is 0 Å². The van der Waals surface area contributed by atoms with Crippen molar-refractivity contribution in [3.63, 3.8) is 0 Å². The third-order valence-electron chi connectivity index (χ3n) is 4.37. The van der Waals surface area contributed by atoms with Crippen molar-refractivity contribution in [1.82, 2.24) is 4.90 Å². The first kappa shape index (κ1) is 12.4. The number of carbonyl (C=O) groups is 1. The maximum absolute atomic E-state index is 13.8. The topological polar surface area (TPSA) is 52.6 Å². The molecule has 5 heteroatoms. The van der Waals surface area contributed by atoms with Gasteiger partial charge in [-0.2, -0.15) is 0 Å². The number of anilines is 1. The molecule has 2 bridgehead atoms. The van der Waals surface area contributed by atoms with E-state index in [9.17, 15) is 14.3 Å². The fraction of sp³-hybridized carbons (Fsp3) is 0.500. The molecule has 1 aromatic rings. The van der Waals surface area contributed by atoms with E-state index in [4.69, 9.17) is 0 Å². The summed E-state index contributed by atoms with van der Waals surface area (Å²) in [5, 5.41) is 12.6. The number of halogens is 1. The molecule has 3 heterocycles. The molecule has 3 saturated heterocycles. The lowest BCUT2D eigenvalue weighted by molar-refractivity contribution is -0.149. The van der Waals surface area contributed by atoms with Crippen molar-refractivity contribution in [2.75, 3.05) is 25.0 Å². The van der Waals surface area contributed by atoms with E-state index in [1.54, 1.807) is 18.2 Å². The number of hydrogen-bond acceptors (Lipinski definition) is 3. The zero-order valence-electron chi connectivity index (χ0n) is 10.6. The Morgan fingerprint density at radius 2 is 2.05 bits per heavy atom.